The molecule has 3 aromatic rings. The minimum absolute atomic E-state index is 0.0322. The van der Waals surface area contributed by atoms with Gasteiger partial charge in [-0.3, -0.25) is 4.79 Å². The molecule has 1 aliphatic carbocycles. The van der Waals surface area contributed by atoms with E-state index in [1.165, 1.54) is 12.8 Å². The van der Waals surface area contributed by atoms with Gasteiger partial charge in [-0.25, -0.2) is 4.98 Å². The normalized spacial score (nSPS) is 17.3. The third-order valence-corrected chi connectivity index (χ3v) is 6.57. The number of pyridine rings is 1. The predicted molar refractivity (Wildman–Crippen MR) is 125 cm³/mol. The zero-order chi connectivity index (χ0) is 22.1. The minimum Gasteiger partial charge on any atom is -0.493 e. The third-order valence-electron chi connectivity index (χ3n) is 6.57. The molecule has 0 spiro atoms. The SMILES string of the molecule is COc1ccc(-c2cc(C(=O)NC3CCN(C4CC4)CC3)c3ccccc3n2)cc1OC. The number of hydrogen-bond acceptors (Lipinski definition) is 5. The predicted octanol–water partition coefficient (Wildman–Crippen LogP) is 4.28. The van der Waals surface area contributed by atoms with Gasteiger partial charge in [0.05, 0.1) is 31.0 Å². The molecule has 1 saturated carbocycles. The average Bonchev–Trinajstić information content (AvgIpc) is 3.69. The van der Waals surface area contributed by atoms with Crippen LogP contribution in [0.2, 0.25) is 0 Å². The average molecular weight is 432 g/mol. The lowest BCUT2D eigenvalue weighted by Crippen LogP contribution is -2.45. The Balaban J connectivity index is 1.44. The fraction of sp³-hybridized carbons (Fsp3) is 0.385. The van der Waals surface area contributed by atoms with Crippen molar-refractivity contribution in [3.8, 4) is 22.8 Å². The van der Waals surface area contributed by atoms with Crippen molar-refractivity contribution in [2.24, 2.45) is 0 Å². The van der Waals surface area contributed by atoms with E-state index in [1.54, 1.807) is 14.2 Å². The number of carbonyl (C=O) groups excluding carboxylic acids is 1. The van der Waals surface area contributed by atoms with Crippen LogP contribution in [0.1, 0.15) is 36.0 Å². The van der Waals surface area contributed by atoms with Crippen LogP contribution in [0.4, 0.5) is 0 Å². The van der Waals surface area contributed by atoms with Crippen LogP contribution in [0.3, 0.4) is 0 Å². The molecule has 6 nitrogen and oxygen atoms in total. The molecule has 1 N–H and O–H groups in total. The summed E-state index contributed by atoms with van der Waals surface area (Å²) in [4.78, 5) is 20.8. The highest BCUT2D eigenvalue weighted by Gasteiger charge is 2.32. The van der Waals surface area contributed by atoms with Crippen molar-refractivity contribution in [1.29, 1.82) is 0 Å². The van der Waals surface area contributed by atoms with Crippen molar-refractivity contribution in [3.63, 3.8) is 0 Å². The molecule has 2 fully saturated rings. The molecule has 1 saturated heterocycles. The maximum atomic E-state index is 13.4. The second-order valence-corrected chi connectivity index (χ2v) is 8.66. The van der Waals surface area contributed by atoms with Gasteiger partial charge in [0.25, 0.3) is 5.91 Å². The Hall–Kier alpha value is -3.12. The van der Waals surface area contributed by atoms with Gasteiger partial charge in [0.1, 0.15) is 0 Å². The standard InChI is InChI=1S/C26H29N3O3/c1-31-24-10-7-17(15-25(24)32-2)23-16-21(20-5-3-4-6-22(20)28-23)26(30)27-18-11-13-29(14-12-18)19-8-9-19/h3-7,10,15-16,18-19H,8-9,11-14H2,1-2H3,(H,27,30). The summed E-state index contributed by atoms with van der Waals surface area (Å²) in [5, 5.41) is 4.15. The highest BCUT2D eigenvalue weighted by atomic mass is 16.5. The van der Waals surface area contributed by atoms with E-state index in [1.807, 2.05) is 48.5 Å². The van der Waals surface area contributed by atoms with Gasteiger partial charge in [0.2, 0.25) is 0 Å². The molecule has 1 aromatic heterocycles. The van der Waals surface area contributed by atoms with Crippen LogP contribution in [0.25, 0.3) is 22.2 Å². The van der Waals surface area contributed by atoms with Gasteiger partial charge < -0.3 is 19.7 Å². The fourth-order valence-electron chi connectivity index (χ4n) is 4.62. The molecule has 0 unspecified atom stereocenters. The zero-order valence-electron chi connectivity index (χ0n) is 18.6. The molecule has 166 valence electrons. The Kier molecular flexibility index (Phi) is 5.70. The molecule has 0 radical (unpaired) electrons. The van der Waals surface area contributed by atoms with Crippen LogP contribution in [-0.4, -0.2) is 55.2 Å². The van der Waals surface area contributed by atoms with Gasteiger partial charge in [-0.05, 0) is 56.0 Å². The van der Waals surface area contributed by atoms with E-state index >= 15 is 0 Å². The number of methoxy groups -OCH3 is 2. The topological polar surface area (TPSA) is 63.7 Å². The molecule has 1 aliphatic heterocycles. The molecular formula is C26H29N3O3. The number of piperidine rings is 1. The number of ether oxygens (including phenoxy) is 2. The van der Waals surface area contributed by atoms with E-state index in [9.17, 15) is 4.79 Å². The molecule has 32 heavy (non-hydrogen) atoms. The second-order valence-electron chi connectivity index (χ2n) is 8.66. The van der Waals surface area contributed by atoms with Crippen molar-refractivity contribution in [2.45, 2.75) is 37.8 Å². The number of carbonyl (C=O) groups is 1. The van der Waals surface area contributed by atoms with Gasteiger partial charge in [0, 0.05) is 36.1 Å². The molecule has 2 aliphatic rings. The van der Waals surface area contributed by atoms with Crippen molar-refractivity contribution < 1.29 is 14.3 Å². The molecule has 0 atom stereocenters. The quantitative estimate of drug-likeness (QED) is 0.631. The van der Waals surface area contributed by atoms with Gasteiger partial charge in [-0.2, -0.15) is 0 Å². The lowest BCUT2D eigenvalue weighted by atomic mass is 10.0. The van der Waals surface area contributed by atoms with Crippen LogP contribution < -0.4 is 14.8 Å². The number of rotatable bonds is 6. The summed E-state index contributed by atoms with van der Waals surface area (Å²) in [6, 6.07) is 16.4. The van der Waals surface area contributed by atoms with Crippen molar-refractivity contribution in [3.05, 3.63) is 54.1 Å². The molecule has 2 aromatic carbocycles. The van der Waals surface area contributed by atoms with Crippen molar-refractivity contribution >= 4 is 16.8 Å². The van der Waals surface area contributed by atoms with Gasteiger partial charge >= 0.3 is 0 Å². The van der Waals surface area contributed by atoms with E-state index < -0.39 is 0 Å². The Morgan fingerprint density at radius 2 is 1.72 bits per heavy atom. The number of nitrogens with zero attached hydrogens (tertiary/aromatic N) is 2. The Bertz CT molecular complexity index is 1130. The smallest absolute Gasteiger partial charge is 0.252 e. The summed E-state index contributed by atoms with van der Waals surface area (Å²) < 4.78 is 10.8. The van der Waals surface area contributed by atoms with Crippen LogP contribution in [0, 0.1) is 0 Å². The van der Waals surface area contributed by atoms with Crippen molar-refractivity contribution in [2.75, 3.05) is 27.3 Å². The maximum Gasteiger partial charge on any atom is 0.252 e. The monoisotopic (exact) mass is 431 g/mol. The number of hydrogen-bond donors (Lipinski definition) is 1. The van der Waals surface area contributed by atoms with Gasteiger partial charge in [0.15, 0.2) is 11.5 Å². The van der Waals surface area contributed by atoms with E-state index in [4.69, 9.17) is 14.5 Å². The van der Waals surface area contributed by atoms with Crippen LogP contribution in [-0.2, 0) is 0 Å². The summed E-state index contributed by atoms with van der Waals surface area (Å²) >= 11 is 0. The van der Waals surface area contributed by atoms with E-state index in [-0.39, 0.29) is 11.9 Å². The summed E-state index contributed by atoms with van der Waals surface area (Å²) in [6.45, 7) is 2.15. The number of nitrogens with one attached hydrogen (secondary N) is 1. The largest absolute Gasteiger partial charge is 0.493 e. The summed E-state index contributed by atoms with van der Waals surface area (Å²) in [5.74, 6) is 1.26. The Labute approximate surface area is 188 Å². The first-order valence-corrected chi connectivity index (χ1v) is 11.3. The molecular weight excluding hydrogens is 402 g/mol. The van der Waals surface area contributed by atoms with Crippen LogP contribution in [0.5, 0.6) is 11.5 Å². The van der Waals surface area contributed by atoms with Crippen molar-refractivity contribution in [1.82, 2.24) is 15.2 Å². The van der Waals surface area contributed by atoms with E-state index in [0.717, 1.165) is 54.1 Å². The first-order chi connectivity index (χ1) is 15.7. The van der Waals surface area contributed by atoms with Gasteiger partial charge in [-0.1, -0.05) is 18.2 Å². The summed E-state index contributed by atoms with van der Waals surface area (Å²) in [7, 11) is 3.23. The number of amides is 1. The minimum atomic E-state index is -0.0322. The Morgan fingerprint density at radius 1 is 0.969 bits per heavy atom. The Morgan fingerprint density at radius 3 is 2.44 bits per heavy atom. The second kappa shape index (κ2) is 8.79. The van der Waals surface area contributed by atoms with Crippen LogP contribution >= 0.6 is 0 Å². The summed E-state index contributed by atoms with van der Waals surface area (Å²) in [6.07, 6.45) is 4.68. The molecule has 1 amide bonds. The number of para-hydroxylation sites is 1. The molecule has 6 heteroatoms. The third kappa shape index (κ3) is 4.15. The van der Waals surface area contributed by atoms with E-state index in [2.05, 4.69) is 10.2 Å². The van der Waals surface area contributed by atoms with Crippen LogP contribution in [0.15, 0.2) is 48.5 Å². The molecule has 2 heterocycles. The van der Waals surface area contributed by atoms with Gasteiger partial charge in [-0.15, -0.1) is 0 Å². The lowest BCUT2D eigenvalue weighted by Gasteiger charge is -2.32. The number of aromatic nitrogens is 1. The maximum absolute atomic E-state index is 13.4. The first kappa shape index (κ1) is 20.8. The zero-order valence-corrected chi connectivity index (χ0v) is 18.6. The number of likely N-dealkylation sites (tertiary alicyclic amines) is 1. The van der Waals surface area contributed by atoms with E-state index in [0.29, 0.717) is 17.1 Å². The molecule has 5 rings (SSSR count). The fourth-order valence-corrected chi connectivity index (χ4v) is 4.62. The first-order valence-electron chi connectivity index (χ1n) is 11.3. The highest BCUT2D eigenvalue weighted by Crippen LogP contribution is 2.33. The summed E-state index contributed by atoms with van der Waals surface area (Å²) in [5.41, 5.74) is 3.07. The molecule has 0 bridgehead atoms. The highest BCUT2D eigenvalue weighted by molar-refractivity contribution is 6.07. The lowest BCUT2D eigenvalue weighted by molar-refractivity contribution is 0.0910. The number of benzene rings is 2. The number of fused-ring (bicyclic) bond motifs is 1.